The molecule has 0 atom stereocenters. The summed E-state index contributed by atoms with van der Waals surface area (Å²) in [4.78, 5) is 3.30. The minimum Gasteiger partial charge on any atom is -0.379 e. The summed E-state index contributed by atoms with van der Waals surface area (Å²) in [6.07, 6.45) is 2.44. The second-order valence-electron chi connectivity index (χ2n) is 5.62. The van der Waals surface area contributed by atoms with Crippen LogP contribution in [0.3, 0.4) is 0 Å². The molecule has 2 aromatic rings. The first-order valence-corrected chi connectivity index (χ1v) is 9.48. The van der Waals surface area contributed by atoms with Crippen LogP contribution < -0.4 is 10.3 Å². The Hall–Kier alpha value is -1.96. The largest absolute Gasteiger partial charge is 0.379 e. The first-order chi connectivity index (χ1) is 11.7. The van der Waals surface area contributed by atoms with Crippen LogP contribution >= 0.6 is 0 Å². The van der Waals surface area contributed by atoms with E-state index in [2.05, 4.69) is 22.4 Å². The molecule has 128 valence electrons. The van der Waals surface area contributed by atoms with Crippen molar-refractivity contribution in [2.75, 3.05) is 38.2 Å². The summed E-state index contributed by atoms with van der Waals surface area (Å²) >= 11 is 0. The minimum atomic E-state index is -3.45. The summed E-state index contributed by atoms with van der Waals surface area (Å²) in [6, 6.07) is 13.6. The fourth-order valence-electron chi connectivity index (χ4n) is 2.60. The lowest BCUT2D eigenvalue weighted by Gasteiger charge is -2.25. The summed E-state index contributed by atoms with van der Waals surface area (Å²) in [5.41, 5.74) is 1.26. The molecular formula is C17H22N3O3S+. The van der Waals surface area contributed by atoms with E-state index < -0.39 is 10.0 Å². The molecular weight excluding hydrogens is 326 g/mol. The van der Waals surface area contributed by atoms with E-state index in [9.17, 15) is 8.42 Å². The Kier molecular flexibility index (Phi) is 5.44. The van der Waals surface area contributed by atoms with E-state index in [0.717, 1.165) is 18.8 Å². The number of morpholine rings is 1. The monoisotopic (exact) mass is 348 g/mol. The summed E-state index contributed by atoms with van der Waals surface area (Å²) in [5.74, 6) is 0.798. The minimum absolute atomic E-state index is 0.276. The quantitative estimate of drug-likeness (QED) is 0.851. The second-order valence-corrected chi connectivity index (χ2v) is 7.55. The molecule has 1 fully saturated rings. The van der Waals surface area contributed by atoms with Crippen LogP contribution in [0.25, 0.3) is 0 Å². The third kappa shape index (κ3) is 4.11. The van der Waals surface area contributed by atoms with Gasteiger partial charge in [-0.15, -0.1) is 0 Å². The second kappa shape index (κ2) is 7.74. The lowest BCUT2D eigenvalue weighted by molar-refractivity contribution is -0.364. The van der Waals surface area contributed by atoms with Crippen molar-refractivity contribution >= 4 is 15.8 Å². The number of H-pyrrole nitrogens is 1. The van der Waals surface area contributed by atoms with Gasteiger partial charge in [-0.25, -0.2) is 13.4 Å². The standard InChI is InChI=1S/C17H21N3O3S/c21-24(22,20-10-12-23-13-11-20)16-6-7-17(19-14-16)18-9-8-15-4-2-1-3-5-15/h1-7,14H,8-13H2,(H,18,19)/p+1. The molecule has 0 spiro atoms. The van der Waals surface area contributed by atoms with Crippen molar-refractivity contribution < 1.29 is 18.1 Å². The molecule has 7 heteroatoms. The highest BCUT2D eigenvalue weighted by atomic mass is 32.2. The van der Waals surface area contributed by atoms with Crippen molar-refractivity contribution in [3.8, 4) is 0 Å². The maximum atomic E-state index is 12.5. The third-order valence-electron chi connectivity index (χ3n) is 3.96. The lowest BCUT2D eigenvalue weighted by atomic mass is 10.1. The average molecular weight is 348 g/mol. The zero-order chi connectivity index (χ0) is 16.8. The first kappa shape index (κ1) is 16.9. The van der Waals surface area contributed by atoms with Crippen molar-refractivity contribution in [1.82, 2.24) is 4.31 Å². The molecule has 2 N–H and O–H groups in total. The number of aromatic amines is 1. The van der Waals surface area contributed by atoms with Gasteiger partial charge in [0, 0.05) is 25.6 Å². The molecule has 3 rings (SSSR count). The highest BCUT2D eigenvalue weighted by Gasteiger charge is 2.27. The highest BCUT2D eigenvalue weighted by Crippen LogP contribution is 2.16. The van der Waals surface area contributed by atoms with Crippen molar-refractivity contribution in [2.24, 2.45) is 0 Å². The SMILES string of the molecule is O=S(=O)(c1ccc(NCCc2ccccc2)[nH+]c1)N1CCOCC1. The first-order valence-electron chi connectivity index (χ1n) is 8.04. The van der Waals surface area contributed by atoms with E-state index in [4.69, 9.17) is 4.74 Å². The summed E-state index contributed by atoms with van der Waals surface area (Å²) < 4.78 is 31.7. The number of rotatable bonds is 6. The van der Waals surface area contributed by atoms with E-state index in [1.807, 2.05) is 18.2 Å². The number of nitrogens with one attached hydrogen (secondary N) is 2. The number of pyridine rings is 1. The van der Waals surface area contributed by atoms with Crippen LogP contribution in [-0.2, 0) is 21.2 Å². The van der Waals surface area contributed by atoms with Crippen LogP contribution in [0.15, 0.2) is 53.6 Å². The number of hydrogen-bond donors (Lipinski definition) is 1. The fourth-order valence-corrected chi connectivity index (χ4v) is 3.98. The van der Waals surface area contributed by atoms with Gasteiger partial charge in [-0.05, 0) is 11.6 Å². The molecule has 0 bridgehead atoms. The number of anilines is 1. The van der Waals surface area contributed by atoms with E-state index in [0.29, 0.717) is 26.3 Å². The molecule has 1 saturated heterocycles. The molecule has 1 aliphatic rings. The Bertz CT molecular complexity index is 742. The predicted molar refractivity (Wildman–Crippen MR) is 91.2 cm³/mol. The van der Waals surface area contributed by atoms with Gasteiger partial charge in [0.1, 0.15) is 11.1 Å². The predicted octanol–water partition coefficient (Wildman–Crippen LogP) is 1.18. The number of hydrogen-bond acceptors (Lipinski definition) is 4. The summed E-state index contributed by atoms with van der Waals surface area (Å²) in [5, 5.41) is 3.27. The van der Waals surface area contributed by atoms with Gasteiger partial charge in [-0.2, -0.15) is 4.31 Å². The number of benzene rings is 1. The average Bonchev–Trinajstić information content (AvgIpc) is 2.64. The van der Waals surface area contributed by atoms with Crippen LogP contribution in [0, 0.1) is 0 Å². The Labute approximate surface area is 142 Å². The van der Waals surface area contributed by atoms with E-state index in [1.54, 1.807) is 12.1 Å². The normalized spacial score (nSPS) is 16.0. The van der Waals surface area contributed by atoms with Gasteiger partial charge in [-0.1, -0.05) is 30.3 Å². The van der Waals surface area contributed by atoms with Gasteiger partial charge in [0.2, 0.25) is 10.0 Å². The van der Waals surface area contributed by atoms with Gasteiger partial charge in [0.25, 0.3) is 5.82 Å². The smallest absolute Gasteiger partial charge is 0.272 e. The summed E-state index contributed by atoms with van der Waals surface area (Å²) in [6.45, 7) is 2.47. The van der Waals surface area contributed by atoms with Gasteiger partial charge in [-0.3, -0.25) is 5.32 Å². The number of aromatic nitrogens is 1. The molecule has 0 amide bonds. The fraction of sp³-hybridized carbons (Fsp3) is 0.353. The lowest BCUT2D eigenvalue weighted by Crippen LogP contribution is -2.40. The molecule has 6 nitrogen and oxygen atoms in total. The Morgan fingerprint density at radius 3 is 2.50 bits per heavy atom. The van der Waals surface area contributed by atoms with Crippen molar-refractivity contribution in [3.63, 3.8) is 0 Å². The van der Waals surface area contributed by atoms with Crippen molar-refractivity contribution in [3.05, 3.63) is 54.2 Å². The number of ether oxygens (including phenoxy) is 1. The highest BCUT2D eigenvalue weighted by molar-refractivity contribution is 7.89. The van der Waals surface area contributed by atoms with Crippen molar-refractivity contribution in [2.45, 2.75) is 11.3 Å². The Balaban J connectivity index is 1.58. The van der Waals surface area contributed by atoms with Gasteiger partial charge in [0.05, 0.1) is 19.8 Å². The third-order valence-corrected chi connectivity index (χ3v) is 5.86. The van der Waals surface area contributed by atoms with Crippen LogP contribution in [-0.4, -0.2) is 45.6 Å². The van der Waals surface area contributed by atoms with Crippen LogP contribution in [0.1, 0.15) is 5.56 Å². The van der Waals surface area contributed by atoms with E-state index in [1.165, 1.54) is 16.1 Å². The topological polar surface area (TPSA) is 72.8 Å². The van der Waals surface area contributed by atoms with Gasteiger partial charge in [0.15, 0.2) is 0 Å². The molecule has 1 aromatic carbocycles. The number of nitrogens with zero attached hydrogens (tertiary/aromatic N) is 1. The van der Waals surface area contributed by atoms with Crippen LogP contribution in [0.2, 0.25) is 0 Å². The van der Waals surface area contributed by atoms with Crippen molar-refractivity contribution in [1.29, 1.82) is 0 Å². The van der Waals surface area contributed by atoms with Gasteiger partial charge < -0.3 is 4.74 Å². The molecule has 0 unspecified atom stereocenters. The molecule has 0 aliphatic carbocycles. The molecule has 2 heterocycles. The number of sulfonamides is 1. The van der Waals surface area contributed by atoms with Crippen LogP contribution in [0.4, 0.5) is 5.82 Å². The van der Waals surface area contributed by atoms with Crippen LogP contribution in [0.5, 0.6) is 0 Å². The van der Waals surface area contributed by atoms with E-state index in [-0.39, 0.29) is 4.90 Å². The van der Waals surface area contributed by atoms with E-state index >= 15 is 0 Å². The maximum absolute atomic E-state index is 12.5. The van der Waals surface area contributed by atoms with Gasteiger partial charge >= 0.3 is 0 Å². The zero-order valence-corrected chi connectivity index (χ0v) is 14.3. The Morgan fingerprint density at radius 2 is 1.83 bits per heavy atom. The zero-order valence-electron chi connectivity index (χ0n) is 13.4. The summed E-state index contributed by atoms with van der Waals surface area (Å²) in [7, 11) is -3.45. The molecule has 0 saturated carbocycles. The molecule has 24 heavy (non-hydrogen) atoms. The maximum Gasteiger partial charge on any atom is 0.272 e. The molecule has 1 aliphatic heterocycles. The Morgan fingerprint density at radius 1 is 1.08 bits per heavy atom. The molecule has 1 aromatic heterocycles. The molecule has 0 radical (unpaired) electrons.